The van der Waals surface area contributed by atoms with E-state index in [1.807, 2.05) is 12.4 Å². The summed E-state index contributed by atoms with van der Waals surface area (Å²) in [4.78, 5) is 10.2. The molecule has 0 saturated carbocycles. The molecule has 90 valence electrons. The molecule has 0 aliphatic carbocycles. The van der Waals surface area contributed by atoms with E-state index in [2.05, 4.69) is 27.9 Å². The molecule has 0 fully saturated rings. The van der Waals surface area contributed by atoms with Crippen molar-refractivity contribution in [2.45, 2.75) is 32.6 Å². The highest BCUT2D eigenvalue weighted by Gasteiger charge is 2.19. The van der Waals surface area contributed by atoms with Crippen LogP contribution in [-0.4, -0.2) is 23.1 Å². The molecule has 1 aliphatic heterocycles. The number of hydrogen-bond donors (Lipinski definition) is 1. The number of hydrogen-bond acceptors (Lipinski definition) is 2. The Labute approximate surface area is 102 Å². The second-order valence-corrected chi connectivity index (χ2v) is 4.82. The Morgan fingerprint density at radius 2 is 2.41 bits per heavy atom. The summed E-state index contributed by atoms with van der Waals surface area (Å²) in [5.74, 6) is 0. The quantitative estimate of drug-likeness (QED) is 0.877. The van der Waals surface area contributed by atoms with Crippen LogP contribution in [0.3, 0.4) is 0 Å². The fourth-order valence-electron chi connectivity index (χ4n) is 2.74. The molecule has 0 radical (unpaired) electrons. The summed E-state index contributed by atoms with van der Waals surface area (Å²) in [6.45, 7) is 4.62. The predicted octanol–water partition coefficient (Wildman–Crippen LogP) is 3.12. The maximum Gasteiger partial charge on any atom is 0.139 e. The van der Waals surface area contributed by atoms with Crippen molar-refractivity contribution < 1.29 is 0 Å². The maximum absolute atomic E-state index is 4.49. The number of aromatic nitrogens is 2. The van der Waals surface area contributed by atoms with Gasteiger partial charge < -0.3 is 9.88 Å². The molecule has 3 nitrogen and oxygen atoms in total. The van der Waals surface area contributed by atoms with E-state index in [0.29, 0.717) is 0 Å². The molecule has 1 aliphatic rings. The minimum Gasteiger partial charge on any atom is -0.371 e. The standard InChI is InChI=1S/C14H19N3/c1-2-3-8-17-9-4-5-11-10-16-14-12(13(11)17)6-7-15-14/h6-7,10H,2-5,8-9H2,1H3,(H,15,16). The zero-order valence-corrected chi connectivity index (χ0v) is 10.4. The van der Waals surface area contributed by atoms with Crippen LogP contribution < -0.4 is 4.90 Å². The van der Waals surface area contributed by atoms with Crippen molar-refractivity contribution in [3.8, 4) is 0 Å². The lowest BCUT2D eigenvalue weighted by atomic mass is 10.0. The first-order chi connectivity index (χ1) is 8.40. The average Bonchev–Trinajstić information content (AvgIpc) is 2.84. The van der Waals surface area contributed by atoms with Crippen LogP contribution in [0, 0.1) is 0 Å². The van der Waals surface area contributed by atoms with Crippen molar-refractivity contribution in [1.29, 1.82) is 0 Å². The smallest absolute Gasteiger partial charge is 0.139 e. The van der Waals surface area contributed by atoms with Gasteiger partial charge in [-0.3, -0.25) is 0 Å². The van der Waals surface area contributed by atoms with Crippen LogP contribution in [0.4, 0.5) is 5.69 Å². The van der Waals surface area contributed by atoms with Crippen molar-refractivity contribution in [2.75, 3.05) is 18.0 Å². The van der Waals surface area contributed by atoms with Gasteiger partial charge in [0, 0.05) is 30.9 Å². The molecule has 2 aromatic rings. The first kappa shape index (κ1) is 10.6. The molecule has 0 saturated heterocycles. The Balaban J connectivity index is 2.06. The van der Waals surface area contributed by atoms with Crippen LogP contribution in [0.5, 0.6) is 0 Å². The van der Waals surface area contributed by atoms with Gasteiger partial charge in [-0.05, 0) is 30.9 Å². The highest BCUT2D eigenvalue weighted by atomic mass is 15.1. The van der Waals surface area contributed by atoms with Gasteiger partial charge in [0.05, 0.1) is 5.69 Å². The average molecular weight is 229 g/mol. The lowest BCUT2D eigenvalue weighted by Crippen LogP contribution is -2.30. The van der Waals surface area contributed by atoms with Gasteiger partial charge in [0.25, 0.3) is 0 Å². The van der Waals surface area contributed by atoms with Crippen LogP contribution in [0.15, 0.2) is 18.5 Å². The van der Waals surface area contributed by atoms with E-state index in [1.54, 1.807) is 0 Å². The minimum absolute atomic E-state index is 1.02. The second kappa shape index (κ2) is 4.40. The van der Waals surface area contributed by atoms with E-state index < -0.39 is 0 Å². The summed E-state index contributed by atoms with van der Waals surface area (Å²) in [5.41, 5.74) is 3.86. The Morgan fingerprint density at radius 1 is 1.47 bits per heavy atom. The summed E-state index contributed by atoms with van der Waals surface area (Å²) in [7, 11) is 0. The molecule has 3 rings (SSSR count). The summed E-state index contributed by atoms with van der Waals surface area (Å²) < 4.78 is 0. The number of aryl methyl sites for hydroxylation is 1. The summed E-state index contributed by atoms with van der Waals surface area (Å²) in [6.07, 6.45) is 9.00. The molecule has 0 bridgehead atoms. The number of unbranched alkanes of at least 4 members (excludes halogenated alkanes) is 1. The number of nitrogens with one attached hydrogen (secondary N) is 1. The third kappa shape index (κ3) is 1.79. The maximum atomic E-state index is 4.49. The van der Waals surface area contributed by atoms with Gasteiger partial charge in [-0.2, -0.15) is 0 Å². The van der Waals surface area contributed by atoms with Crippen LogP contribution in [0.25, 0.3) is 11.0 Å². The molecule has 0 spiro atoms. The number of H-pyrrole nitrogens is 1. The van der Waals surface area contributed by atoms with Gasteiger partial charge in [0.2, 0.25) is 0 Å². The largest absolute Gasteiger partial charge is 0.371 e. The van der Waals surface area contributed by atoms with E-state index in [1.165, 1.54) is 55.4 Å². The van der Waals surface area contributed by atoms with Crippen molar-refractivity contribution in [3.63, 3.8) is 0 Å². The minimum atomic E-state index is 1.02. The summed E-state index contributed by atoms with van der Waals surface area (Å²) in [5, 5.41) is 1.29. The van der Waals surface area contributed by atoms with Crippen molar-refractivity contribution in [2.24, 2.45) is 0 Å². The molecule has 0 unspecified atom stereocenters. The lowest BCUT2D eigenvalue weighted by molar-refractivity contribution is 0.660. The van der Waals surface area contributed by atoms with Crippen molar-refractivity contribution in [1.82, 2.24) is 9.97 Å². The highest BCUT2D eigenvalue weighted by molar-refractivity contribution is 5.92. The van der Waals surface area contributed by atoms with E-state index in [-0.39, 0.29) is 0 Å². The molecular weight excluding hydrogens is 210 g/mol. The molecule has 3 heterocycles. The van der Waals surface area contributed by atoms with Gasteiger partial charge in [-0.1, -0.05) is 13.3 Å². The Hall–Kier alpha value is -1.51. The fraction of sp³-hybridized carbons (Fsp3) is 0.500. The van der Waals surface area contributed by atoms with Gasteiger partial charge >= 0.3 is 0 Å². The first-order valence-corrected chi connectivity index (χ1v) is 6.60. The monoisotopic (exact) mass is 229 g/mol. The van der Waals surface area contributed by atoms with E-state index in [4.69, 9.17) is 0 Å². The topological polar surface area (TPSA) is 31.9 Å². The summed E-state index contributed by atoms with van der Waals surface area (Å²) >= 11 is 0. The van der Waals surface area contributed by atoms with E-state index in [9.17, 15) is 0 Å². The van der Waals surface area contributed by atoms with Crippen LogP contribution in [0.1, 0.15) is 31.7 Å². The van der Waals surface area contributed by atoms with Gasteiger partial charge in [-0.15, -0.1) is 0 Å². The highest BCUT2D eigenvalue weighted by Crippen LogP contribution is 2.33. The first-order valence-electron chi connectivity index (χ1n) is 6.60. The normalized spacial score (nSPS) is 15.2. The van der Waals surface area contributed by atoms with Crippen LogP contribution in [-0.2, 0) is 6.42 Å². The van der Waals surface area contributed by atoms with Crippen molar-refractivity contribution >= 4 is 16.7 Å². The van der Waals surface area contributed by atoms with E-state index >= 15 is 0 Å². The SMILES string of the molecule is CCCCN1CCCc2cnc3[nH]ccc3c21. The van der Waals surface area contributed by atoms with E-state index in [0.717, 1.165) is 5.65 Å². The van der Waals surface area contributed by atoms with Crippen LogP contribution >= 0.6 is 0 Å². The molecule has 3 heteroatoms. The third-order valence-corrected chi connectivity index (χ3v) is 3.61. The lowest BCUT2D eigenvalue weighted by Gasteiger charge is -2.31. The van der Waals surface area contributed by atoms with Gasteiger partial charge in [-0.25, -0.2) is 4.98 Å². The fourth-order valence-corrected chi connectivity index (χ4v) is 2.74. The number of rotatable bonds is 3. The molecule has 0 atom stereocenters. The zero-order valence-electron chi connectivity index (χ0n) is 10.4. The number of aromatic amines is 1. The molecule has 0 amide bonds. The molecule has 17 heavy (non-hydrogen) atoms. The second-order valence-electron chi connectivity index (χ2n) is 4.82. The molecule has 0 aromatic carbocycles. The van der Waals surface area contributed by atoms with Gasteiger partial charge in [0.15, 0.2) is 0 Å². The summed E-state index contributed by atoms with van der Waals surface area (Å²) in [6, 6.07) is 2.16. The number of anilines is 1. The zero-order chi connectivity index (χ0) is 11.7. The number of pyridine rings is 1. The number of nitrogens with zero attached hydrogens (tertiary/aromatic N) is 2. The Morgan fingerprint density at radius 3 is 3.29 bits per heavy atom. The third-order valence-electron chi connectivity index (χ3n) is 3.61. The predicted molar refractivity (Wildman–Crippen MR) is 71.5 cm³/mol. The van der Waals surface area contributed by atoms with Crippen molar-refractivity contribution in [3.05, 3.63) is 24.0 Å². The number of fused-ring (bicyclic) bond motifs is 3. The molecular formula is C14H19N3. The molecule has 2 aromatic heterocycles. The Bertz CT molecular complexity index is 515. The molecule has 1 N–H and O–H groups in total. The Kier molecular flexibility index (Phi) is 2.75. The van der Waals surface area contributed by atoms with Gasteiger partial charge in [0.1, 0.15) is 5.65 Å². The van der Waals surface area contributed by atoms with Crippen LogP contribution in [0.2, 0.25) is 0 Å².